The van der Waals surface area contributed by atoms with E-state index in [1.807, 2.05) is 0 Å². The zero-order valence-corrected chi connectivity index (χ0v) is 7.30. The Kier molecular flexibility index (Phi) is 2.93. The zero-order valence-electron chi connectivity index (χ0n) is 6.48. The normalized spacial score (nSPS) is 9.42. The molecular weight excluding hydrogens is 176 g/mol. The Balaban J connectivity index is 2.75. The largest absolute Gasteiger partial charge is 0.740 e. The number of carbonyl (C=O) groups is 1. The van der Waals surface area contributed by atoms with E-state index >= 15 is 0 Å². The van der Waals surface area contributed by atoms with E-state index in [1.165, 1.54) is 12.4 Å². The standard InChI is InChI=1S/C7H8N2O2S/c1-2-11-6(10)5-3-8-7(12)9-4-5/h3-4H,2H2,1H3,(H,8,9,12)/p-1. The molecule has 64 valence electrons. The summed E-state index contributed by atoms with van der Waals surface area (Å²) in [5.41, 5.74) is 0.324. The molecule has 0 spiro atoms. The van der Waals surface area contributed by atoms with Gasteiger partial charge in [0.25, 0.3) is 0 Å². The monoisotopic (exact) mass is 183 g/mol. The topological polar surface area (TPSA) is 52.1 Å². The van der Waals surface area contributed by atoms with Crippen LogP contribution >= 0.6 is 0 Å². The molecule has 0 fully saturated rings. The molecule has 0 unspecified atom stereocenters. The number of ether oxygens (including phenoxy) is 1. The molecule has 1 rings (SSSR count). The second-order valence-electron chi connectivity index (χ2n) is 1.97. The van der Waals surface area contributed by atoms with E-state index in [4.69, 9.17) is 4.74 Å². The van der Waals surface area contributed by atoms with E-state index in [0.717, 1.165) is 0 Å². The summed E-state index contributed by atoms with van der Waals surface area (Å²) in [6.45, 7) is 2.08. The lowest BCUT2D eigenvalue weighted by atomic mass is 10.3. The van der Waals surface area contributed by atoms with Crippen LogP contribution in [-0.2, 0) is 17.4 Å². The van der Waals surface area contributed by atoms with Crippen LogP contribution < -0.4 is 0 Å². The lowest BCUT2D eigenvalue weighted by molar-refractivity contribution is 0.0525. The van der Waals surface area contributed by atoms with Crippen LogP contribution in [-0.4, -0.2) is 22.5 Å². The number of rotatable bonds is 2. The second-order valence-corrected chi connectivity index (χ2v) is 2.34. The minimum atomic E-state index is -0.424. The van der Waals surface area contributed by atoms with Crippen molar-refractivity contribution in [2.45, 2.75) is 12.1 Å². The first kappa shape index (κ1) is 8.86. The Morgan fingerprint density at radius 3 is 2.67 bits per heavy atom. The summed E-state index contributed by atoms with van der Waals surface area (Å²) in [5.74, 6) is -0.424. The maximum Gasteiger partial charge on any atom is 0.341 e. The molecule has 12 heavy (non-hydrogen) atoms. The first-order chi connectivity index (χ1) is 5.74. The first-order valence-electron chi connectivity index (χ1n) is 3.40. The van der Waals surface area contributed by atoms with Gasteiger partial charge in [0.2, 0.25) is 0 Å². The minimum absolute atomic E-state index is 0.225. The van der Waals surface area contributed by atoms with Crippen molar-refractivity contribution in [1.29, 1.82) is 0 Å². The lowest BCUT2D eigenvalue weighted by Crippen LogP contribution is -2.05. The van der Waals surface area contributed by atoms with E-state index in [9.17, 15) is 4.79 Å². The van der Waals surface area contributed by atoms with Crippen LogP contribution in [0.3, 0.4) is 0 Å². The summed E-state index contributed by atoms with van der Waals surface area (Å²) in [6, 6.07) is 0. The summed E-state index contributed by atoms with van der Waals surface area (Å²) >= 11 is 4.65. The van der Waals surface area contributed by atoms with Crippen molar-refractivity contribution >= 4 is 18.6 Å². The van der Waals surface area contributed by atoms with Crippen molar-refractivity contribution in [2.24, 2.45) is 0 Å². The van der Waals surface area contributed by atoms with Crippen molar-refractivity contribution in [3.05, 3.63) is 18.0 Å². The Morgan fingerprint density at radius 2 is 2.17 bits per heavy atom. The highest BCUT2D eigenvalue weighted by Gasteiger charge is 2.04. The third-order valence-corrected chi connectivity index (χ3v) is 1.35. The molecule has 0 radical (unpaired) electrons. The second kappa shape index (κ2) is 3.96. The van der Waals surface area contributed by atoms with E-state index in [0.29, 0.717) is 12.2 Å². The fraction of sp³-hybridized carbons (Fsp3) is 0.286. The number of hydrogen-bond donors (Lipinski definition) is 0. The first-order valence-corrected chi connectivity index (χ1v) is 3.81. The van der Waals surface area contributed by atoms with Gasteiger partial charge in [-0.2, -0.15) is 0 Å². The lowest BCUT2D eigenvalue weighted by Gasteiger charge is -2.03. The molecule has 0 aliphatic rings. The molecule has 0 saturated carbocycles. The van der Waals surface area contributed by atoms with Crippen LogP contribution in [0.4, 0.5) is 0 Å². The highest BCUT2D eigenvalue weighted by molar-refractivity contribution is 7.58. The molecule has 0 atom stereocenters. The van der Waals surface area contributed by atoms with Gasteiger partial charge >= 0.3 is 5.97 Å². The van der Waals surface area contributed by atoms with Crippen molar-refractivity contribution in [3.8, 4) is 0 Å². The van der Waals surface area contributed by atoms with Gasteiger partial charge in [-0.05, 0) is 6.92 Å². The predicted molar refractivity (Wildman–Crippen MR) is 43.6 cm³/mol. The Morgan fingerprint density at radius 1 is 1.58 bits per heavy atom. The summed E-state index contributed by atoms with van der Waals surface area (Å²) in [7, 11) is 0. The van der Waals surface area contributed by atoms with Crippen molar-refractivity contribution < 1.29 is 9.53 Å². The van der Waals surface area contributed by atoms with Gasteiger partial charge in [0.05, 0.1) is 12.2 Å². The van der Waals surface area contributed by atoms with Gasteiger partial charge in [-0.3, -0.25) is 9.97 Å². The van der Waals surface area contributed by atoms with Crippen molar-refractivity contribution in [1.82, 2.24) is 9.97 Å². The maximum absolute atomic E-state index is 11.0. The summed E-state index contributed by atoms with van der Waals surface area (Å²) in [4.78, 5) is 18.4. The zero-order chi connectivity index (χ0) is 8.97. The summed E-state index contributed by atoms with van der Waals surface area (Å²) in [6.07, 6.45) is 2.71. The fourth-order valence-corrected chi connectivity index (χ4v) is 0.741. The Hall–Kier alpha value is -1.23. The van der Waals surface area contributed by atoms with Crippen molar-refractivity contribution in [2.75, 3.05) is 6.61 Å². The molecular formula is C7H7N2O2S-. The van der Waals surface area contributed by atoms with Crippen LogP contribution in [0.1, 0.15) is 17.3 Å². The minimum Gasteiger partial charge on any atom is -0.740 e. The van der Waals surface area contributed by atoms with Crippen LogP contribution in [0.2, 0.25) is 0 Å². The molecule has 1 aromatic rings. The number of esters is 1. The molecule has 0 N–H and O–H groups in total. The van der Waals surface area contributed by atoms with Gasteiger partial charge in [0, 0.05) is 17.6 Å². The molecule has 0 amide bonds. The molecule has 0 aromatic carbocycles. The Labute approximate surface area is 75.4 Å². The van der Waals surface area contributed by atoms with Crippen LogP contribution in [0.15, 0.2) is 17.6 Å². The molecule has 0 aliphatic heterocycles. The smallest absolute Gasteiger partial charge is 0.341 e. The van der Waals surface area contributed by atoms with E-state index < -0.39 is 5.97 Å². The third-order valence-electron chi connectivity index (χ3n) is 1.14. The molecule has 5 heteroatoms. The van der Waals surface area contributed by atoms with Crippen LogP contribution in [0, 0.1) is 0 Å². The number of aromatic nitrogens is 2. The van der Waals surface area contributed by atoms with Gasteiger partial charge < -0.3 is 17.4 Å². The quantitative estimate of drug-likeness (QED) is 0.381. The van der Waals surface area contributed by atoms with Crippen LogP contribution in [0.5, 0.6) is 0 Å². The highest BCUT2D eigenvalue weighted by atomic mass is 32.1. The van der Waals surface area contributed by atoms with Gasteiger partial charge in [-0.1, -0.05) is 0 Å². The molecule has 1 heterocycles. The van der Waals surface area contributed by atoms with E-state index in [-0.39, 0.29) is 5.16 Å². The van der Waals surface area contributed by atoms with Gasteiger partial charge in [-0.15, -0.1) is 0 Å². The van der Waals surface area contributed by atoms with Crippen molar-refractivity contribution in [3.63, 3.8) is 0 Å². The van der Waals surface area contributed by atoms with Gasteiger partial charge in [-0.25, -0.2) is 4.79 Å². The Bertz CT molecular complexity index is 273. The van der Waals surface area contributed by atoms with Gasteiger partial charge in [0.15, 0.2) is 0 Å². The summed E-state index contributed by atoms with van der Waals surface area (Å²) < 4.78 is 4.71. The SMILES string of the molecule is CCOC(=O)c1cnc([S-])nc1. The molecule has 1 aromatic heterocycles. The molecule has 0 bridgehead atoms. The highest BCUT2D eigenvalue weighted by Crippen LogP contribution is 1.98. The number of hydrogen-bond acceptors (Lipinski definition) is 5. The maximum atomic E-state index is 11.0. The average molecular weight is 183 g/mol. The average Bonchev–Trinajstić information content (AvgIpc) is 2.06. The molecule has 4 nitrogen and oxygen atoms in total. The predicted octanol–water partition coefficient (Wildman–Crippen LogP) is 0.559. The fourth-order valence-electron chi connectivity index (χ4n) is 0.636. The van der Waals surface area contributed by atoms with E-state index in [1.54, 1.807) is 6.92 Å². The summed E-state index contributed by atoms with van der Waals surface area (Å²) in [5, 5.41) is 0.225. The molecule has 0 saturated heterocycles. The third kappa shape index (κ3) is 2.13. The molecule has 0 aliphatic carbocycles. The number of nitrogens with zero attached hydrogens (tertiary/aromatic N) is 2. The number of carbonyl (C=O) groups excluding carboxylic acids is 1. The van der Waals surface area contributed by atoms with Gasteiger partial charge in [0.1, 0.15) is 0 Å². The van der Waals surface area contributed by atoms with Crippen LogP contribution in [0.25, 0.3) is 0 Å². The van der Waals surface area contributed by atoms with E-state index in [2.05, 4.69) is 22.6 Å².